The number of nitrogens with zero attached hydrogens (tertiary/aromatic N) is 4. The SMILES string of the molecule is CC(C)N1CCN(c2c(F)cc3c(=O)c(C(=O)NCCN4CCCC4)cn4c3c2Oc2cc(Cl)ccc2-4)CC1. The van der Waals surface area contributed by atoms with Gasteiger partial charge in [0.2, 0.25) is 5.43 Å². The van der Waals surface area contributed by atoms with Crippen LogP contribution in [0.15, 0.2) is 35.3 Å². The molecular formula is C29H33ClFN5O3. The van der Waals surface area contributed by atoms with Crippen LogP contribution in [0.25, 0.3) is 16.6 Å². The Bertz CT molecular complexity index is 1490. The van der Waals surface area contributed by atoms with Crippen molar-refractivity contribution in [1.29, 1.82) is 0 Å². The fraction of sp³-hybridized carbons (Fsp3) is 0.448. The standard InChI is InChI=1S/C29H33ClFN5O3/c1-18(2)34-11-13-35(14-12-34)26-22(31)16-20-25-28(26)39-24-15-19(30)5-6-23(24)36(25)17-21(27(20)37)29(38)32-7-10-33-8-3-4-9-33/h5-6,15-18H,3-4,7-14H2,1-2H3,(H,32,38). The van der Waals surface area contributed by atoms with Crippen molar-refractivity contribution in [2.45, 2.75) is 32.7 Å². The summed E-state index contributed by atoms with van der Waals surface area (Å²) in [6, 6.07) is 6.84. The molecule has 206 valence electrons. The molecule has 0 unspecified atom stereocenters. The second kappa shape index (κ2) is 10.4. The zero-order valence-corrected chi connectivity index (χ0v) is 23.1. The van der Waals surface area contributed by atoms with Gasteiger partial charge >= 0.3 is 0 Å². The lowest BCUT2D eigenvalue weighted by Crippen LogP contribution is -2.49. The van der Waals surface area contributed by atoms with Crippen molar-refractivity contribution in [2.75, 3.05) is 57.3 Å². The van der Waals surface area contributed by atoms with E-state index < -0.39 is 17.2 Å². The number of halogens is 2. The Balaban J connectivity index is 1.43. The smallest absolute Gasteiger partial charge is 0.256 e. The summed E-state index contributed by atoms with van der Waals surface area (Å²) in [7, 11) is 0. The Labute approximate surface area is 231 Å². The quantitative estimate of drug-likeness (QED) is 0.385. The molecule has 8 nitrogen and oxygen atoms in total. The minimum Gasteiger partial charge on any atom is -0.451 e. The Hall–Kier alpha value is -3.14. The molecule has 1 aromatic heterocycles. The number of piperazine rings is 1. The molecule has 3 aliphatic rings. The molecule has 39 heavy (non-hydrogen) atoms. The molecule has 0 aliphatic carbocycles. The number of hydrogen-bond donors (Lipinski definition) is 1. The number of amides is 1. The van der Waals surface area contributed by atoms with Gasteiger partial charge in [-0.25, -0.2) is 4.39 Å². The van der Waals surface area contributed by atoms with Crippen molar-refractivity contribution < 1.29 is 13.9 Å². The van der Waals surface area contributed by atoms with Crippen molar-refractivity contribution in [3.05, 3.63) is 57.1 Å². The second-order valence-corrected chi connectivity index (χ2v) is 11.2. The Kier molecular flexibility index (Phi) is 6.99. The summed E-state index contributed by atoms with van der Waals surface area (Å²) in [4.78, 5) is 33.4. The van der Waals surface area contributed by atoms with Gasteiger partial charge in [-0.2, -0.15) is 0 Å². The molecule has 2 saturated heterocycles. The van der Waals surface area contributed by atoms with Gasteiger partial charge in [-0.15, -0.1) is 0 Å². The van der Waals surface area contributed by atoms with E-state index in [1.54, 1.807) is 29.0 Å². The van der Waals surface area contributed by atoms with Crippen LogP contribution in [0.2, 0.25) is 5.02 Å². The highest BCUT2D eigenvalue weighted by atomic mass is 35.5. The summed E-state index contributed by atoms with van der Waals surface area (Å²) in [5, 5.41) is 3.47. The van der Waals surface area contributed by atoms with Gasteiger partial charge in [-0.05, 0) is 58.0 Å². The summed E-state index contributed by atoms with van der Waals surface area (Å²) in [6.45, 7) is 10.4. The first-order valence-electron chi connectivity index (χ1n) is 13.7. The van der Waals surface area contributed by atoms with Crippen molar-refractivity contribution in [2.24, 2.45) is 0 Å². The zero-order chi connectivity index (χ0) is 27.3. The second-order valence-electron chi connectivity index (χ2n) is 10.8. The van der Waals surface area contributed by atoms with Crippen LogP contribution in [0.5, 0.6) is 11.5 Å². The molecule has 1 amide bonds. The highest BCUT2D eigenvalue weighted by Crippen LogP contribution is 2.47. The zero-order valence-electron chi connectivity index (χ0n) is 22.3. The lowest BCUT2D eigenvalue weighted by Gasteiger charge is -2.39. The third-order valence-corrected chi connectivity index (χ3v) is 8.32. The van der Waals surface area contributed by atoms with Crippen LogP contribution >= 0.6 is 11.6 Å². The molecule has 4 heterocycles. The molecule has 10 heteroatoms. The normalized spacial score (nSPS) is 17.5. The van der Waals surface area contributed by atoms with E-state index in [4.69, 9.17) is 16.3 Å². The maximum absolute atomic E-state index is 15.9. The number of ether oxygens (including phenoxy) is 1. The summed E-state index contributed by atoms with van der Waals surface area (Å²) in [5.41, 5.74) is 0.858. The van der Waals surface area contributed by atoms with Gasteiger partial charge in [0.15, 0.2) is 17.3 Å². The Morgan fingerprint density at radius 3 is 2.56 bits per heavy atom. The van der Waals surface area contributed by atoms with E-state index in [0.717, 1.165) is 45.6 Å². The molecule has 0 atom stereocenters. The van der Waals surface area contributed by atoms with Crippen molar-refractivity contribution in [3.8, 4) is 17.2 Å². The number of hydrogen-bond acceptors (Lipinski definition) is 6. The van der Waals surface area contributed by atoms with Crippen LogP contribution in [-0.4, -0.2) is 78.7 Å². The minimum atomic E-state index is -0.545. The summed E-state index contributed by atoms with van der Waals surface area (Å²) < 4.78 is 24.0. The van der Waals surface area contributed by atoms with Gasteiger partial charge in [-0.1, -0.05) is 11.6 Å². The van der Waals surface area contributed by atoms with Gasteiger partial charge < -0.3 is 24.4 Å². The minimum absolute atomic E-state index is 0.0321. The number of benzene rings is 2. The first-order chi connectivity index (χ1) is 18.8. The molecule has 0 bridgehead atoms. The molecular weight excluding hydrogens is 521 g/mol. The average molecular weight is 554 g/mol. The van der Waals surface area contributed by atoms with E-state index in [2.05, 4.69) is 29.0 Å². The lowest BCUT2D eigenvalue weighted by atomic mass is 10.0. The molecule has 1 N–H and O–H groups in total. The summed E-state index contributed by atoms with van der Waals surface area (Å²) >= 11 is 6.29. The number of fused-ring (bicyclic) bond motifs is 2. The molecule has 3 aliphatic heterocycles. The molecule has 6 rings (SSSR count). The van der Waals surface area contributed by atoms with Crippen LogP contribution in [0.4, 0.5) is 10.1 Å². The maximum Gasteiger partial charge on any atom is 0.256 e. The van der Waals surface area contributed by atoms with Gasteiger partial charge in [0, 0.05) is 62.6 Å². The van der Waals surface area contributed by atoms with E-state index in [1.807, 2.05) is 4.90 Å². The van der Waals surface area contributed by atoms with E-state index in [9.17, 15) is 9.59 Å². The molecule has 0 radical (unpaired) electrons. The first kappa shape index (κ1) is 26.1. The predicted octanol–water partition coefficient (Wildman–Crippen LogP) is 4.24. The highest BCUT2D eigenvalue weighted by Gasteiger charge is 2.32. The highest BCUT2D eigenvalue weighted by molar-refractivity contribution is 6.30. The molecule has 0 spiro atoms. The van der Waals surface area contributed by atoms with E-state index in [-0.39, 0.29) is 16.7 Å². The number of aromatic nitrogens is 1. The monoisotopic (exact) mass is 553 g/mol. The van der Waals surface area contributed by atoms with Gasteiger partial charge in [0.1, 0.15) is 16.8 Å². The number of likely N-dealkylation sites (tertiary alicyclic amines) is 1. The number of anilines is 1. The largest absolute Gasteiger partial charge is 0.451 e. The maximum atomic E-state index is 15.9. The average Bonchev–Trinajstić information content (AvgIpc) is 3.43. The number of nitrogens with one attached hydrogen (secondary N) is 1. The summed E-state index contributed by atoms with van der Waals surface area (Å²) in [6.07, 6.45) is 3.88. The molecule has 2 aromatic carbocycles. The first-order valence-corrected chi connectivity index (χ1v) is 14.1. The van der Waals surface area contributed by atoms with Crippen LogP contribution in [0.3, 0.4) is 0 Å². The number of carbonyl (C=O) groups is 1. The van der Waals surface area contributed by atoms with Gasteiger partial charge in [-0.3, -0.25) is 14.5 Å². The van der Waals surface area contributed by atoms with Crippen molar-refractivity contribution in [3.63, 3.8) is 0 Å². The fourth-order valence-corrected chi connectivity index (χ4v) is 6.09. The Morgan fingerprint density at radius 2 is 1.85 bits per heavy atom. The van der Waals surface area contributed by atoms with Crippen LogP contribution < -0.4 is 20.4 Å². The van der Waals surface area contributed by atoms with Crippen molar-refractivity contribution >= 4 is 34.1 Å². The van der Waals surface area contributed by atoms with E-state index >= 15 is 4.39 Å². The van der Waals surface area contributed by atoms with Gasteiger partial charge in [0.25, 0.3) is 5.91 Å². The fourth-order valence-electron chi connectivity index (χ4n) is 5.93. The third-order valence-electron chi connectivity index (χ3n) is 8.08. The predicted molar refractivity (Wildman–Crippen MR) is 152 cm³/mol. The number of pyridine rings is 1. The lowest BCUT2D eigenvalue weighted by molar-refractivity contribution is 0.0948. The number of carbonyl (C=O) groups excluding carboxylic acids is 1. The number of rotatable bonds is 6. The summed E-state index contributed by atoms with van der Waals surface area (Å²) in [5.74, 6) is -0.303. The van der Waals surface area contributed by atoms with Gasteiger partial charge in [0.05, 0.1) is 11.1 Å². The molecule has 0 saturated carbocycles. The van der Waals surface area contributed by atoms with Crippen LogP contribution in [0.1, 0.15) is 37.0 Å². The van der Waals surface area contributed by atoms with Crippen LogP contribution in [-0.2, 0) is 0 Å². The van der Waals surface area contributed by atoms with Crippen LogP contribution in [0, 0.1) is 5.82 Å². The third kappa shape index (κ3) is 4.77. The molecule has 3 aromatic rings. The van der Waals surface area contributed by atoms with E-state index in [1.165, 1.54) is 6.07 Å². The Morgan fingerprint density at radius 1 is 1.10 bits per heavy atom. The molecule has 2 fully saturated rings. The van der Waals surface area contributed by atoms with E-state index in [0.29, 0.717) is 53.3 Å². The van der Waals surface area contributed by atoms with Crippen molar-refractivity contribution in [1.82, 2.24) is 19.7 Å². The topological polar surface area (TPSA) is 70.1 Å².